The summed E-state index contributed by atoms with van der Waals surface area (Å²) in [6.07, 6.45) is -0.212. The third-order valence-electron chi connectivity index (χ3n) is 3.06. The Morgan fingerprint density at radius 3 is 2.52 bits per heavy atom. The molecule has 21 heavy (non-hydrogen) atoms. The Hall–Kier alpha value is -1.20. The summed E-state index contributed by atoms with van der Waals surface area (Å²) < 4.78 is 0. The first kappa shape index (κ1) is 17.9. The number of thiocarbonyl (C=S) groups is 1. The van der Waals surface area contributed by atoms with E-state index in [0.29, 0.717) is 21.7 Å². The number of aliphatic carboxylic acids is 1. The topological polar surface area (TPSA) is 66.1 Å². The Balaban J connectivity index is 0.00000220. The molecule has 0 amide bonds. The summed E-state index contributed by atoms with van der Waals surface area (Å²) in [7, 11) is 0. The number of hydrogen-bond donors (Lipinski definition) is 1. The standard InChI is InChI=1S/C16H15NO2S.Na/c1-10-4-2-6-12(8-10)16(20)13-7-3-5-11(15(13)17)9-14(18)19;/h2-8H,9,17H2,1H3,(H,18,19);/q;+1/p-1. The zero-order chi connectivity index (χ0) is 14.7. The largest absolute Gasteiger partial charge is 1.00 e. The van der Waals surface area contributed by atoms with Crippen LogP contribution >= 0.6 is 12.2 Å². The maximum absolute atomic E-state index is 10.7. The minimum Gasteiger partial charge on any atom is -0.550 e. The summed E-state index contributed by atoms with van der Waals surface area (Å²) in [5.41, 5.74) is 9.65. The molecule has 0 saturated heterocycles. The first-order valence-electron chi connectivity index (χ1n) is 6.17. The van der Waals surface area contributed by atoms with Gasteiger partial charge in [-0.3, -0.25) is 0 Å². The zero-order valence-electron chi connectivity index (χ0n) is 12.1. The monoisotopic (exact) mass is 307 g/mol. The summed E-state index contributed by atoms with van der Waals surface area (Å²) in [5, 5.41) is 10.7. The van der Waals surface area contributed by atoms with Crippen LogP contribution in [-0.2, 0) is 11.2 Å². The molecule has 2 N–H and O–H groups in total. The average molecular weight is 307 g/mol. The molecule has 2 aromatic carbocycles. The molecule has 102 valence electrons. The van der Waals surface area contributed by atoms with Crippen LogP contribution in [0.4, 0.5) is 5.69 Å². The number of nitrogen functional groups attached to an aromatic ring is 1. The first-order valence-corrected chi connectivity index (χ1v) is 6.58. The van der Waals surface area contributed by atoms with Crippen molar-refractivity contribution in [1.82, 2.24) is 0 Å². The molecule has 2 aromatic rings. The van der Waals surface area contributed by atoms with E-state index in [4.69, 9.17) is 18.0 Å². The van der Waals surface area contributed by atoms with Gasteiger partial charge in [0, 0.05) is 23.6 Å². The van der Waals surface area contributed by atoms with Gasteiger partial charge in [-0.2, -0.15) is 0 Å². The van der Waals surface area contributed by atoms with E-state index < -0.39 is 5.97 Å². The van der Waals surface area contributed by atoms with Crippen molar-refractivity contribution < 1.29 is 39.5 Å². The van der Waals surface area contributed by atoms with Crippen molar-refractivity contribution in [2.45, 2.75) is 13.3 Å². The quantitative estimate of drug-likeness (QED) is 0.328. The van der Waals surface area contributed by atoms with Crippen LogP contribution in [0.15, 0.2) is 42.5 Å². The predicted octanol–water partition coefficient (Wildman–Crippen LogP) is -1.36. The van der Waals surface area contributed by atoms with Crippen LogP contribution in [-0.4, -0.2) is 10.8 Å². The maximum atomic E-state index is 10.7. The number of carboxylic acid groups (broad SMARTS) is 1. The van der Waals surface area contributed by atoms with Crippen LogP contribution in [0.3, 0.4) is 0 Å². The normalized spacial score (nSPS) is 9.76. The smallest absolute Gasteiger partial charge is 0.550 e. The third kappa shape index (κ3) is 4.38. The van der Waals surface area contributed by atoms with Gasteiger partial charge in [-0.05, 0) is 18.1 Å². The van der Waals surface area contributed by atoms with E-state index in [0.717, 1.165) is 11.1 Å². The number of benzene rings is 2. The second-order valence-corrected chi connectivity index (χ2v) is 5.03. The van der Waals surface area contributed by atoms with E-state index in [1.165, 1.54) is 0 Å². The Kier molecular flexibility index (Phi) is 6.55. The Morgan fingerprint density at radius 2 is 1.90 bits per heavy atom. The second-order valence-electron chi connectivity index (χ2n) is 4.63. The molecule has 0 atom stereocenters. The molecule has 0 aliphatic rings. The van der Waals surface area contributed by atoms with Gasteiger partial charge in [-0.15, -0.1) is 0 Å². The summed E-state index contributed by atoms with van der Waals surface area (Å²) >= 11 is 5.46. The van der Waals surface area contributed by atoms with Gasteiger partial charge in [0.25, 0.3) is 0 Å². The van der Waals surface area contributed by atoms with Crippen LogP contribution < -0.4 is 40.4 Å². The van der Waals surface area contributed by atoms with Crippen LogP contribution in [0.2, 0.25) is 0 Å². The Bertz CT molecular complexity index is 686. The van der Waals surface area contributed by atoms with E-state index in [-0.39, 0.29) is 36.0 Å². The first-order chi connectivity index (χ1) is 9.49. The molecule has 5 heteroatoms. The number of hydrogen-bond acceptors (Lipinski definition) is 4. The van der Waals surface area contributed by atoms with Crippen molar-refractivity contribution in [3.63, 3.8) is 0 Å². The van der Waals surface area contributed by atoms with E-state index in [2.05, 4.69) is 0 Å². The molecular formula is C16H14NNaO2S. The predicted molar refractivity (Wildman–Crippen MR) is 81.5 cm³/mol. The summed E-state index contributed by atoms with van der Waals surface area (Å²) in [4.78, 5) is 11.3. The molecule has 0 heterocycles. The Morgan fingerprint density at radius 1 is 1.24 bits per heavy atom. The van der Waals surface area contributed by atoms with Gasteiger partial charge in [0.05, 0.1) is 4.86 Å². The fourth-order valence-electron chi connectivity index (χ4n) is 2.06. The summed E-state index contributed by atoms with van der Waals surface area (Å²) in [5.74, 6) is -1.16. The number of rotatable bonds is 4. The second kappa shape index (κ2) is 7.71. The van der Waals surface area contributed by atoms with Crippen molar-refractivity contribution >= 4 is 28.7 Å². The molecule has 0 aliphatic heterocycles. The molecule has 0 unspecified atom stereocenters. The number of anilines is 1. The van der Waals surface area contributed by atoms with Crippen molar-refractivity contribution in [1.29, 1.82) is 0 Å². The molecule has 0 bridgehead atoms. The molecular weight excluding hydrogens is 293 g/mol. The number of carboxylic acids is 1. The van der Waals surface area contributed by atoms with Gasteiger partial charge in [-0.25, -0.2) is 0 Å². The van der Waals surface area contributed by atoms with Gasteiger partial charge >= 0.3 is 29.6 Å². The van der Waals surface area contributed by atoms with Gasteiger partial charge in [0.2, 0.25) is 0 Å². The molecule has 0 fully saturated rings. The molecule has 2 rings (SSSR count). The van der Waals surface area contributed by atoms with Gasteiger partial charge in [-0.1, -0.05) is 60.2 Å². The summed E-state index contributed by atoms with van der Waals surface area (Å²) in [6.45, 7) is 1.99. The van der Waals surface area contributed by atoms with Gasteiger partial charge < -0.3 is 15.6 Å². The van der Waals surface area contributed by atoms with Crippen molar-refractivity contribution in [3.05, 3.63) is 64.7 Å². The maximum Gasteiger partial charge on any atom is 1.00 e. The molecule has 0 saturated carbocycles. The fourth-order valence-corrected chi connectivity index (χ4v) is 2.37. The molecule has 0 spiro atoms. The molecule has 0 aromatic heterocycles. The van der Waals surface area contributed by atoms with Crippen LogP contribution in [0.5, 0.6) is 0 Å². The van der Waals surface area contributed by atoms with Crippen molar-refractivity contribution in [3.8, 4) is 0 Å². The number of carbonyl (C=O) groups is 1. The molecule has 0 aliphatic carbocycles. The van der Waals surface area contributed by atoms with Gasteiger partial charge in [0.15, 0.2) is 0 Å². The Labute approximate surface area is 151 Å². The van der Waals surface area contributed by atoms with E-state index in [9.17, 15) is 9.90 Å². The van der Waals surface area contributed by atoms with E-state index >= 15 is 0 Å². The van der Waals surface area contributed by atoms with E-state index in [1.807, 2.05) is 31.2 Å². The van der Waals surface area contributed by atoms with Crippen molar-refractivity contribution in [2.75, 3.05) is 5.73 Å². The van der Waals surface area contributed by atoms with Crippen LogP contribution in [0, 0.1) is 6.92 Å². The van der Waals surface area contributed by atoms with Crippen LogP contribution in [0.1, 0.15) is 22.3 Å². The minimum atomic E-state index is -1.16. The van der Waals surface area contributed by atoms with Gasteiger partial charge in [0.1, 0.15) is 0 Å². The molecule has 0 radical (unpaired) electrons. The summed E-state index contributed by atoms with van der Waals surface area (Å²) in [6, 6.07) is 13.0. The fraction of sp³-hybridized carbons (Fsp3) is 0.125. The number of aryl methyl sites for hydroxylation is 1. The third-order valence-corrected chi connectivity index (χ3v) is 3.51. The number of nitrogens with two attached hydrogens (primary N) is 1. The molecule has 3 nitrogen and oxygen atoms in total. The zero-order valence-corrected chi connectivity index (χ0v) is 14.9. The average Bonchev–Trinajstić information content (AvgIpc) is 2.40. The number of carbonyl (C=O) groups excluding carboxylic acids is 1. The number of para-hydroxylation sites is 1. The van der Waals surface area contributed by atoms with Crippen LogP contribution in [0.25, 0.3) is 0 Å². The minimum absolute atomic E-state index is 0. The SMILES string of the molecule is Cc1cccc(C(=S)c2cccc(CC(=O)[O-])c2N)c1.[Na+]. The van der Waals surface area contributed by atoms with Crippen molar-refractivity contribution in [2.24, 2.45) is 0 Å². The van der Waals surface area contributed by atoms with E-state index in [1.54, 1.807) is 18.2 Å².